The van der Waals surface area contributed by atoms with Crippen molar-refractivity contribution in [1.82, 2.24) is 15.5 Å². The number of carbonyl (C=O) groups is 2. The normalized spacial score (nSPS) is 16.0. The van der Waals surface area contributed by atoms with Gasteiger partial charge in [-0.05, 0) is 31.6 Å². The molecule has 3 amide bonds. The number of nitrogens with zero attached hydrogens (tertiary/aromatic N) is 1. The molecule has 7 heteroatoms. The Labute approximate surface area is 159 Å². The third kappa shape index (κ3) is 10.5. The fraction of sp³-hybridized carbons (Fsp3) is 0.889. The minimum Gasteiger partial charge on any atom is -0.346 e. The van der Waals surface area contributed by atoms with E-state index in [-0.39, 0.29) is 30.4 Å². The second-order valence-corrected chi connectivity index (χ2v) is 7.35. The molecule has 1 saturated carbocycles. The van der Waals surface area contributed by atoms with Gasteiger partial charge in [0, 0.05) is 38.6 Å². The highest BCUT2D eigenvalue weighted by Gasteiger charge is 2.16. The molecule has 1 atom stereocenters. The van der Waals surface area contributed by atoms with E-state index in [9.17, 15) is 9.59 Å². The predicted molar refractivity (Wildman–Crippen MR) is 105 cm³/mol. The van der Waals surface area contributed by atoms with Crippen molar-refractivity contribution in [3.63, 3.8) is 0 Å². The highest BCUT2D eigenvalue weighted by Crippen LogP contribution is 2.17. The van der Waals surface area contributed by atoms with Crippen molar-refractivity contribution in [3.8, 4) is 0 Å². The maximum absolute atomic E-state index is 12.0. The highest BCUT2D eigenvalue weighted by atomic mass is 35.5. The summed E-state index contributed by atoms with van der Waals surface area (Å²) in [4.78, 5) is 25.6. The molecule has 0 aromatic heterocycles. The van der Waals surface area contributed by atoms with Crippen molar-refractivity contribution in [2.45, 2.75) is 77.3 Å². The molecule has 25 heavy (non-hydrogen) atoms. The number of urea groups is 1. The Balaban J connectivity index is 0.00000576. The van der Waals surface area contributed by atoms with Crippen molar-refractivity contribution < 1.29 is 9.59 Å². The van der Waals surface area contributed by atoms with Crippen molar-refractivity contribution >= 4 is 24.3 Å². The summed E-state index contributed by atoms with van der Waals surface area (Å²) in [5.41, 5.74) is 6.00. The first-order chi connectivity index (χ1) is 11.4. The van der Waals surface area contributed by atoms with Gasteiger partial charge in [-0.3, -0.25) is 4.79 Å². The lowest BCUT2D eigenvalue weighted by Gasteiger charge is -2.23. The number of hydrogen-bond donors (Lipinski definition) is 3. The van der Waals surface area contributed by atoms with Crippen LogP contribution in [0, 0.1) is 5.92 Å². The molecule has 1 rings (SSSR count). The van der Waals surface area contributed by atoms with Gasteiger partial charge < -0.3 is 21.3 Å². The molecule has 0 heterocycles. The molecule has 0 aliphatic heterocycles. The minimum absolute atomic E-state index is 0. The quantitative estimate of drug-likeness (QED) is 0.540. The third-order valence-corrected chi connectivity index (χ3v) is 4.87. The second kappa shape index (κ2) is 13.2. The van der Waals surface area contributed by atoms with Gasteiger partial charge in [0.2, 0.25) is 5.91 Å². The van der Waals surface area contributed by atoms with Gasteiger partial charge >= 0.3 is 6.03 Å². The van der Waals surface area contributed by atoms with E-state index in [0.717, 1.165) is 19.3 Å². The fourth-order valence-corrected chi connectivity index (χ4v) is 2.92. The zero-order valence-corrected chi connectivity index (χ0v) is 16.9. The first-order valence-electron chi connectivity index (χ1n) is 9.44. The number of nitrogens with one attached hydrogen (secondary N) is 2. The summed E-state index contributed by atoms with van der Waals surface area (Å²) in [6, 6.07) is 0.340. The Morgan fingerprint density at radius 3 is 2.44 bits per heavy atom. The first kappa shape index (κ1) is 24.0. The lowest BCUT2D eigenvalue weighted by atomic mass is 9.96. The van der Waals surface area contributed by atoms with Crippen molar-refractivity contribution in [2.75, 3.05) is 20.1 Å². The van der Waals surface area contributed by atoms with Gasteiger partial charge in [-0.1, -0.05) is 33.1 Å². The largest absolute Gasteiger partial charge is 0.346 e. The SMILES string of the molecule is CC(C)C(N)CCN(C)C(=O)CCCNC(=O)NC1CCCCC1.Cl. The number of nitrogens with two attached hydrogens (primary N) is 1. The predicted octanol–water partition coefficient (Wildman–Crippen LogP) is 2.65. The number of halogens is 1. The molecule has 0 radical (unpaired) electrons. The number of rotatable bonds is 9. The van der Waals surface area contributed by atoms with E-state index in [0.29, 0.717) is 37.9 Å². The van der Waals surface area contributed by atoms with Crippen LogP contribution in [-0.2, 0) is 4.79 Å². The molecule has 0 bridgehead atoms. The summed E-state index contributed by atoms with van der Waals surface area (Å²) in [6.07, 6.45) is 7.77. The van der Waals surface area contributed by atoms with Gasteiger partial charge in [0.05, 0.1) is 0 Å². The zero-order valence-electron chi connectivity index (χ0n) is 16.1. The van der Waals surface area contributed by atoms with Gasteiger partial charge in [0.25, 0.3) is 0 Å². The molecular formula is C18H37ClN4O2. The molecule has 1 unspecified atom stereocenters. The van der Waals surface area contributed by atoms with Crippen LogP contribution in [0.4, 0.5) is 4.79 Å². The van der Waals surface area contributed by atoms with E-state index in [1.807, 2.05) is 7.05 Å². The van der Waals surface area contributed by atoms with Gasteiger partial charge in [0.15, 0.2) is 0 Å². The van der Waals surface area contributed by atoms with Gasteiger partial charge in [-0.15, -0.1) is 12.4 Å². The Morgan fingerprint density at radius 1 is 1.20 bits per heavy atom. The standard InChI is InChI=1S/C18H36N4O2.ClH/c1-14(2)16(19)11-13-22(3)17(23)10-7-12-20-18(24)21-15-8-5-4-6-9-15;/h14-16H,4-13,19H2,1-3H3,(H2,20,21,24);1H. The lowest BCUT2D eigenvalue weighted by molar-refractivity contribution is -0.130. The summed E-state index contributed by atoms with van der Waals surface area (Å²) < 4.78 is 0. The maximum Gasteiger partial charge on any atom is 0.315 e. The fourth-order valence-electron chi connectivity index (χ4n) is 2.92. The minimum atomic E-state index is -0.106. The van der Waals surface area contributed by atoms with Crippen LogP contribution in [0.15, 0.2) is 0 Å². The zero-order chi connectivity index (χ0) is 17.9. The average Bonchev–Trinajstić information content (AvgIpc) is 2.56. The Kier molecular flexibility index (Phi) is 12.7. The van der Waals surface area contributed by atoms with Crippen LogP contribution in [0.2, 0.25) is 0 Å². The smallest absolute Gasteiger partial charge is 0.315 e. The number of amides is 3. The van der Waals surface area contributed by atoms with Gasteiger partial charge in [-0.25, -0.2) is 4.79 Å². The summed E-state index contributed by atoms with van der Waals surface area (Å²) in [6.45, 7) is 5.41. The van der Waals surface area contributed by atoms with Crippen LogP contribution in [-0.4, -0.2) is 49.1 Å². The molecule has 1 fully saturated rings. The topological polar surface area (TPSA) is 87.5 Å². The van der Waals surface area contributed by atoms with Crippen LogP contribution < -0.4 is 16.4 Å². The summed E-state index contributed by atoms with van der Waals surface area (Å²) >= 11 is 0. The van der Waals surface area contributed by atoms with E-state index in [1.165, 1.54) is 19.3 Å². The first-order valence-corrected chi connectivity index (χ1v) is 9.44. The van der Waals surface area contributed by atoms with E-state index >= 15 is 0 Å². The molecule has 1 aliphatic rings. The van der Waals surface area contributed by atoms with Crippen LogP contribution >= 0.6 is 12.4 Å². The van der Waals surface area contributed by atoms with Gasteiger partial charge in [-0.2, -0.15) is 0 Å². The molecule has 0 aromatic rings. The molecule has 148 valence electrons. The number of carbonyl (C=O) groups excluding carboxylic acids is 2. The molecule has 0 saturated heterocycles. The second-order valence-electron chi connectivity index (χ2n) is 7.35. The van der Waals surface area contributed by atoms with Crippen LogP contribution in [0.5, 0.6) is 0 Å². The molecule has 1 aliphatic carbocycles. The van der Waals surface area contributed by atoms with E-state index < -0.39 is 0 Å². The Hall–Kier alpha value is -1.01. The molecule has 4 N–H and O–H groups in total. The van der Waals surface area contributed by atoms with E-state index in [4.69, 9.17) is 5.73 Å². The van der Waals surface area contributed by atoms with Crippen molar-refractivity contribution in [2.24, 2.45) is 11.7 Å². The summed E-state index contributed by atoms with van der Waals surface area (Å²) in [7, 11) is 1.82. The molecule has 0 aromatic carbocycles. The van der Waals surface area contributed by atoms with Crippen LogP contribution in [0.3, 0.4) is 0 Å². The average molecular weight is 377 g/mol. The third-order valence-electron chi connectivity index (χ3n) is 4.87. The maximum atomic E-state index is 12.0. The van der Waals surface area contributed by atoms with E-state index in [2.05, 4.69) is 24.5 Å². The highest BCUT2D eigenvalue weighted by molar-refractivity contribution is 5.85. The molecular weight excluding hydrogens is 340 g/mol. The molecule has 6 nitrogen and oxygen atoms in total. The van der Waals surface area contributed by atoms with Crippen molar-refractivity contribution in [1.29, 1.82) is 0 Å². The lowest BCUT2D eigenvalue weighted by Crippen LogP contribution is -2.43. The number of hydrogen-bond acceptors (Lipinski definition) is 3. The van der Waals surface area contributed by atoms with Crippen LogP contribution in [0.25, 0.3) is 0 Å². The monoisotopic (exact) mass is 376 g/mol. The summed E-state index contributed by atoms with van der Waals surface area (Å²) in [5.74, 6) is 0.542. The Bertz CT molecular complexity index is 387. The summed E-state index contributed by atoms with van der Waals surface area (Å²) in [5, 5.41) is 5.86. The Morgan fingerprint density at radius 2 is 1.84 bits per heavy atom. The van der Waals surface area contributed by atoms with Gasteiger partial charge in [0.1, 0.15) is 0 Å². The van der Waals surface area contributed by atoms with Crippen LogP contribution in [0.1, 0.15) is 65.2 Å². The van der Waals surface area contributed by atoms with E-state index in [1.54, 1.807) is 4.90 Å². The molecule has 0 spiro atoms. The van der Waals surface area contributed by atoms with Crippen molar-refractivity contribution in [3.05, 3.63) is 0 Å².